The highest BCUT2D eigenvalue weighted by atomic mass is 16.2. The van der Waals surface area contributed by atoms with Crippen molar-refractivity contribution < 1.29 is 4.79 Å². The molecule has 2 N–H and O–H groups in total. The van der Waals surface area contributed by atoms with E-state index in [1.807, 2.05) is 9.80 Å². The van der Waals surface area contributed by atoms with Crippen molar-refractivity contribution in [2.45, 2.75) is 32.1 Å². The van der Waals surface area contributed by atoms with Crippen molar-refractivity contribution in [3.05, 3.63) is 0 Å². The second kappa shape index (κ2) is 5.53. The molecule has 2 saturated heterocycles. The monoisotopic (exact) mass is 225 g/mol. The van der Waals surface area contributed by atoms with Gasteiger partial charge in [-0.3, -0.25) is 0 Å². The van der Waals surface area contributed by atoms with Gasteiger partial charge in [-0.1, -0.05) is 0 Å². The summed E-state index contributed by atoms with van der Waals surface area (Å²) in [5.74, 6) is 0.630. The molecule has 0 aromatic heterocycles. The van der Waals surface area contributed by atoms with E-state index in [0.29, 0.717) is 5.92 Å². The first-order valence-corrected chi connectivity index (χ1v) is 6.55. The van der Waals surface area contributed by atoms with Crippen molar-refractivity contribution in [1.29, 1.82) is 0 Å². The van der Waals surface area contributed by atoms with Crippen LogP contribution in [0.4, 0.5) is 4.79 Å². The Hall–Kier alpha value is -0.770. The first kappa shape index (κ1) is 11.7. The normalized spacial score (nSPS) is 26.2. The number of carbonyl (C=O) groups excluding carboxylic acids is 1. The summed E-state index contributed by atoms with van der Waals surface area (Å²) in [5, 5.41) is 0. The lowest BCUT2D eigenvalue weighted by atomic mass is 9.95. The average Bonchev–Trinajstić information content (AvgIpc) is 2.82. The lowest BCUT2D eigenvalue weighted by molar-refractivity contribution is 0.134. The van der Waals surface area contributed by atoms with Crippen molar-refractivity contribution in [3.8, 4) is 0 Å². The Morgan fingerprint density at radius 1 is 1.12 bits per heavy atom. The lowest BCUT2D eigenvalue weighted by Crippen LogP contribution is -2.46. The summed E-state index contributed by atoms with van der Waals surface area (Å²) < 4.78 is 0. The number of urea groups is 1. The Labute approximate surface area is 97.8 Å². The predicted molar refractivity (Wildman–Crippen MR) is 64.2 cm³/mol. The lowest BCUT2D eigenvalue weighted by Gasteiger charge is -2.35. The molecule has 4 heteroatoms. The molecule has 4 nitrogen and oxygen atoms in total. The van der Waals surface area contributed by atoms with Gasteiger partial charge in [-0.2, -0.15) is 0 Å². The van der Waals surface area contributed by atoms with Crippen molar-refractivity contribution in [2.24, 2.45) is 11.7 Å². The van der Waals surface area contributed by atoms with Gasteiger partial charge in [-0.25, -0.2) is 4.79 Å². The van der Waals surface area contributed by atoms with Gasteiger partial charge in [-0.15, -0.1) is 0 Å². The largest absolute Gasteiger partial charge is 0.330 e. The van der Waals surface area contributed by atoms with Crippen molar-refractivity contribution >= 4 is 6.03 Å². The third kappa shape index (κ3) is 2.67. The van der Waals surface area contributed by atoms with Crippen LogP contribution in [0.15, 0.2) is 0 Å². The number of rotatable bonds is 2. The topological polar surface area (TPSA) is 49.6 Å². The number of amides is 2. The fourth-order valence-corrected chi connectivity index (χ4v) is 2.82. The Bertz CT molecular complexity index is 236. The van der Waals surface area contributed by atoms with Gasteiger partial charge in [-0.05, 0) is 44.6 Å². The highest BCUT2D eigenvalue weighted by Gasteiger charge is 2.27. The molecule has 0 aromatic carbocycles. The minimum Gasteiger partial charge on any atom is -0.330 e. The molecule has 2 aliphatic heterocycles. The van der Waals surface area contributed by atoms with Gasteiger partial charge >= 0.3 is 6.03 Å². The van der Waals surface area contributed by atoms with E-state index in [0.717, 1.165) is 45.6 Å². The van der Waals surface area contributed by atoms with Gasteiger partial charge in [0, 0.05) is 26.2 Å². The molecule has 1 atom stereocenters. The van der Waals surface area contributed by atoms with E-state index in [-0.39, 0.29) is 6.03 Å². The standard InChI is InChI=1S/C12H23N3O/c13-6-5-11-4-3-9-15(10-11)12(16)14-7-1-2-8-14/h11H,1-10,13H2. The summed E-state index contributed by atoms with van der Waals surface area (Å²) in [6.07, 6.45) is 5.78. The average molecular weight is 225 g/mol. The summed E-state index contributed by atoms with van der Waals surface area (Å²) in [5.41, 5.74) is 5.59. The van der Waals surface area contributed by atoms with Crippen LogP contribution in [0.5, 0.6) is 0 Å². The Morgan fingerprint density at radius 2 is 1.81 bits per heavy atom. The number of hydrogen-bond donors (Lipinski definition) is 1. The minimum atomic E-state index is 0.263. The molecule has 1 unspecified atom stereocenters. The van der Waals surface area contributed by atoms with Crippen LogP contribution in [0.25, 0.3) is 0 Å². The van der Waals surface area contributed by atoms with Crippen molar-refractivity contribution in [3.63, 3.8) is 0 Å². The molecular formula is C12H23N3O. The zero-order chi connectivity index (χ0) is 11.4. The van der Waals surface area contributed by atoms with Gasteiger partial charge in [0.15, 0.2) is 0 Å². The van der Waals surface area contributed by atoms with Crippen LogP contribution in [0.2, 0.25) is 0 Å². The molecule has 16 heavy (non-hydrogen) atoms. The van der Waals surface area contributed by atoms with E-state index >= 15 is 0 Å². The maximum Gasteiger partial charge on any atom is 0.320 e. The van der Waals surface area contributed by atoms with Crippen LogP contribution in [0, 0.1) is 5.92 Å². The van der Waals surface area contributed by atoms with Crippen LogP contribution in [-0.4, -0.2) is 48.6 Å². The number of nitrogens with zero attached hydrogens (tertiary/aromatic N) is 2. The van der Waals surface area contributed by atoms with E-state index < -0.39 is 0 Å². The number of piperidine rings is 1. The van der Waals surface area contributed by atoms with Crippen LogP contribution < -0.4 is 5.73 Å². The Morgan fingerprint density at radius 3 is 2.50 bits per heavy atom. The predicted octanol–water partition coefficient (Wildman–Crippen LogP) is 1.26. The van der Waals surface area contributed by atoms with Crippen LogP contribution >= 0.6 is 0 Å². The molecule has 0 radical (unpaired) electrons. The van der Waals surface area contributed by atoms with Gasteiger partial charge in [0.1, 0.15) is 0 Å². The third-order valence-corrected chi connectivity index (χ3v) is 3.74. The number of likely N-dealkylation sites (tertiary alicyclic amines) is 2. The van der Waals surface area contributed by atoms with E-state index in [1.165, 1.54) is 19.3 Å². The summed E-state index contributed by atoms with van der Waals surface area (Å²) in [7, 11) is 0. The van der Waals surface area contributed by atoms with Crippen LogP contribution in [-0.2, 0) is 0 Å². The van der Waals surface area contributed by atoms with Crippen molar-refractivity contribution in [1.82, 2.24) is 9.80 Å². The molecule has 0 saturated carbocycles. The molecule has 0 spiro atoms. The molecule has 2 heterocycles. The number of nitrogens with two attached hydrogens (primary N) is 1. The quantitative estimate of drug-likeness (QED) is 0.769. The van der Waals surface area contributed by atoms with Crippen LogP contribution in [0.3, 0.4) is 0 Å². The highest BCUT2D eigenvalue weighted by Crippen LogP contribution is 2.21. The molecule has 0 aliphatic carbocycles. The van der Waals surface area contributed by atoms with Gasteiger partial charge < -0.3 is 15.5 Å². The van der Waals surface area contributed by atoms with E-state index in [9.17, 15) is 4.79 Å². The fraction of sp³-hybridized carbons (Fsp3) is 0.917. The third-order valence-electron chi connectivity index (χ3n) is 3.74. The molecule has 2 rings (SSSR count). The molecule has 92 valence electrons. The second-order valence-electron chi connectivity index (χ2n) is 5.01. The molecular weight excluding hydrogens is 202 g/mol. The molecule has 2 amide bonds. The summed E-state index contributed by atoms with van der Waals surface area (Å²) in [4.78, 5) is 16.2. The van der Waals surface area contributed by atoms with Crippen molar-refractivity contribution in [2.75, 3.05) is 32.7 Å². The molecule has 2 fully saturated rings. The SMILES string of the molecule is NCCC1CCCN(C(=O)N2CCCC2)C1. The van der Waals surface area contributed by atoms with Gasteiger partial charge in [0.2, 0.25) is 0 Å². The zero-order valence-electron chi connectivity index (χ0n) is 10.0. The number of carbonyl (C=O) groups is 1. The van der Waals surface area contributed by atoms with Gasteiger partial charge in [0.05, 0.1) is 0 Å². The summed E-state index contributed by atoms with van der Waals surface area (Å²) in [6.45, 7) is 4.52. The maximum atomic E-state index is 12.2. The van der Waals surface area contributed by atoms with E-state index in [1.54, 1.807) is 0 Å². The smallest absolute Gasteiger partial charge is 0.320 e. The fourth-order valence-electron chi connectivity index (χ4n) is 2.82. The van der Waals surface area contributed by atoms with Crippen LogP contribution in [0.1, 0.15) is 32.1 Å². The molecule has 0 aromatic rings. The first-order valence-electron chi connectivity index (χ1n) is 6.55. The van der Waals surface area contributed by atoms with E-state index in [4.69, 9.17) is 5.73 Å². The van der Waals surface area contributed by atoms with E-state index in [2.05, 4.69) is 0 Å². The first-order chi connectivity index (χ1) is 7.81. The molecule has 2 aliphatic rings. The summed E-state index contributed by atoms with van der Waals surface area (Å²) in [6, 6.07) is 0.263. The minimum absolute atomic E-state index is 0.263. The maximum absolute atomic E-state index is 12.2. The Balaban J connectivity index is 1.85. The zero-order valence-corrected chi connectivity index (χ0v) is 10.0. The molecule has 0 bridgehead atoms. The number of hydrogen-bond acceptors (Lipinski definition) is 2. The summed E-state index contributed by atoms with van der Waals surface area (Å²) >= 11 is 0. The Kier molecular flexibility index (Phi) is 4.04. The van der Waals surface area contributed by atoms with Gasteiger partial charge in [0.25, 0.3) is 0 Å². The highest BCUT2D eigenvalue weighted by molar-refractivity contribution is 5.74. The second-order valence-corrected chi connectivity index (χ2v) is 5.01.